The minimum absolute atomic E-state index is 0.142. The SMILES string of the molecule is O=C(O)[C@H](Cc1ccccc1)Nc1cc(-c2ccc(OCc3ccccc3)c(F)c2)ncn1. The lowest BCUT2D eigenvalue weighted by Gasteiger charge is -2.15. The van der Waals surface area contributed by atoms with Crippen molar-refractivity contribution in [3.05, 3.63) is 108 Å². The molecule has 33 heavy (non-hydrogen) atoms. The summed E-state index contributed by atoms with van der Waals surface area (Å²) in [4.78, 5) is 20.1. The van der Waals surface area contributed by atoms with E-state index in [2.05, 4.69) is 15.3 Å². The summed E-state index contributed by atoms with van der Waals surface area (Å²) in [5.41, 5.74) is 2.82. The van der Waals surface area contributed by atoms with Gasteiger partial charge in [0.05, 0.1) is 5.69 Å². The number of carboxylic acid groups (broad SMARTS) is 1. The van der Waals surface area contributed by atoms with Gasteiger partial charge in [-0.3, -0.25) is 0 Å². The van der Waals surface area contributed by atoms with Crippen LogP contribution in [0.3, 0.4) is 0 Å². The zero-order chi connectivity index (χ0) is 23.0. The van der Waals surface area contributed by atoms with Crippen molar-refractivity contribution in [2.24, 2.45) is 0 Å². The number of aromatic nitrogens is 2. The number of hydrogen-bond donors (Lipinski definition) is 2. The van der Waals surface area contributed by atoms with Crippen molar-refractivity contribution >= 4 is 11.8 Å². The van der Waals surface area contributed by atoms with Gasteiger partial charge in [-0.25, -0.2) is 19.2 Å². The number of hydrogen-bond acceptors (Lipinski definition) is 5. The van der Waals surface area contributed by atoms with E-state index >= 15 is 0 Å². The van der Waals surface area contributed by atoms with Crippen LogP contribution >= 0.6 is 0 Å². The van der Waals surface area contributed by atoms with Gasteiger partial charge in [0.2, 0.25) is 0 Å². The Hall–Kier alpha value is -4.26. The third-order valence-corrected chi connectivity index (χ3v) is 5.03. The van der Waals surface area contributed by atoms with Gasteiger partial charge in [-0.15, -0.1) is 0 Å². The van der Waals surface area contributed by atoms with Crippen molar-refractivity contribution in [1.29, 1.82) is 0 Å². The summed E-state index contributed by atoms with van der Waals surface area (Å²) in [6, 6.07) is 24.2. The van der Waals surface area contributed by atoms with E-state index in [1.165, 1.54) is 12.4 Å². The van der Waals surface area contributed by atoms with Gasteiger partial charge >= 0.3 is 5.97 Å². The molecule has 0 saturated heterocycles. The van der Waals surface area contributed by atoms with Gasteiger partial charge in [-0.05, 0) is 29.3 Å². The van der Waals surface area contributed by atoms with Gasteiger partial charge in [0.25, 0.3) is 0 Å². The summed E-state index contributed by atoms with van der Waals surface area (Å²) in [6.07, 6.45) is 1.61. The van der Waals surface area contributed by atoms with Crippen LogP contribution in [0.2, 0.25) is 0 Å². The van der Waals surface area contributed by atoms with E-state index in [0.717, 1.165) is 11.1 Å². The number of nitrogens with zero attached hydrogens (tertiary/aromatic N) is 2. The smallest absolute Gasteiger partial charge is 0.326 e. The second-order valence-electron chi connectivity index (χ2n) is 7.43. The van der Waals surface area contributed by atoms with Crippen molar-refractivity contribution < 1.29 is 19.0 Å². The molecule has 0 amide bonds. The molecule has 1 atom stereocenters. The molecular formula is C26H22FN3O3. The molecule has 7 heteroatoms. The molecule has 166 valence electrons. The van der Waals surface area contributed by atoms with Crippen molar-refractivity contribution in [2.45, 2.75) is 19.1 Å². The van der Waals surface area contributed by atoms with Crippen molar-refractivity contribution in [3.63, 3.8) is 0 Å². The predicted molar refractivity (Wildman–Crippen MR) is 123 cm³/mol. The normalized spacial score (nSPS) is 11.5. The molecular weight excluding hydrogens is 421 g/mol. The molecule has 0 unspecified atom stereocenters. The van der Waals surface area contributed by atoms with E-state index in [4.69, 9.17) is 4.74 Å². The molecule has 0 saturated carbocycles. The van der Waals surface area contributed by atoms with Crippen LogP contribution in [0.1, 0.15) is 11.1 Å². The number of ether oxygens (including phenoxy) is 1. The van der Waals surface area contributed by atoms with Crippen LogP contribution < -0.4 is 10.1 Å². The molecule has 0 spiro atoms. The Kier molecular flexibility index (Phi) is 6.90. The predicted octanol–water partition coefficient (Wildman–Crippen LogP) is 4.97. The first-order valence-electron chi connectivity index (χ1n) is 10.4. The first-order chi connectivity index (χ1) is 16.1. The van der Waals surface area contributed by atoms with Crippen molar-refractivity contribution in [1.82, 2.24) is 9.97 Å². The number of carboxylic acids is 1. The fourth-order valence-electron chi connectivity index (χ4n) is 3.34. The van der Waals surface area contributed by atoms with E-state index in [0.29, 0.717) is 17.1 Å². The third kappa shape index (κ3) is 5.92. The second-order valence-corrected chi connectivity index (χ2v) is 7.43. The molecule has 6 nitrogen and oxygen atoms in total. The molecule has 3 aromatic carbocycles. The highest BCUT2D eigenvalue weighted by Gasteiger charge is 2.19. The quantitative estimate of drug-likeness (QED) is 0.380. The number of anilines is 1. The van der Waals surface area contributed by atoms with Gasteiger partial charge < -0.3 is 15.2 Å². The zero-order valence-electron chi connectivity index (χ0n) is 17.7. The highest BCUT2D eigenvalue weighted by atomic mass is 19.1. The molecule has 0 radical (unpaired) electrons. The number of aliphatic carboxylic acids is 1. The minimum Gasteiger partial charge on any atom is -0.486 e. The lowest BCUT2D eigenvalue weighted by Crippen LogP contribution is -2.31. The lowest BCUT2D eigenvalue weighted by molar-refractivity contribution is -0.137. The Morgan fingerprint density at radius 2 is 1.64 bits per heavy atom. The van der Waals surface area contributed by atoms with Gasteiger partial charge in [0.15, 0.2) is 11.6 Å². The third-order valence-electron chi connectivity index (χ3n) is 5.03. The summed E-state index contributed by atoms with van der Waals surface area (Å²) >= 11 is 0. The minimum atomic E-state index is -0.995. The molecule has 0 fully saturated rings. The fraction of sp³-hybridized carbons (Fsp3) is 0.115. The maximum absolute atomic E-state index is 14.6. The monoisotopic (exact) mass is 443 g/mol. The van der Waals surface area contributed by atoms with Crippen LogP contribution in [-0.4, -0.2) is 27.1 Å². The number of nitrogens with one attached hydrogen (secondary N) is 1. The van der Waals surface area contributed by atoms with Crippen molar-refractivity contribution in [3.8, 4) is 17.0 Å². The van der Waals surface area contributed by atoms with Crippen LogP contribution in [0.25, 0.3) is 11.3 Å². The average Bonchev–Trinajstić information content (AvgIpc) is 2.84. The maximum atomic E-state index is 14.6. The van der Waals surface area contributed by atoms with Gasteiger partial charge in [-0.2, -0.15) is 0 Å². The van der Waals surface area contributed by atoms with Gasteiger partial charge in [0.1, 0.15) is 24.8 Å². The standard InChI is InChI=1S/C26H22FN3O3/c27-21-14-20(11-12-24(21)33-16-19-9-5-2-6-10-19)22-15-25(29-17-28-22)30-23(26(31)32)13-18-7-3-1-4-8-18/h1-12,14-15,17,23H,13,16H2,(H,31,32)(H,28,29,30)/t23-/m0/s1. The average molecular weight is 443 g/mol. The number of halogens is 1. The summed E-state index contributed by atoms with van der Waals surface area (Å²) in [7, 11) is 0. The molecule has 4 rings (SSSR count). The lowest BCUT2D eigenvalue weighted by atomic mass is 10.1. The second kappa shape index (κ2) is 10.4. The zero-order valence-corrected chi connectivity index (χ0v) is 17.7. The van der Waals surface area contributed by atoms with Gasteiger partial charge in [0, 0.05) is 18.1 Å². The topological polar surface area (TPSA) is 84.3 Å². The first kappa shape index (κ1) is 22.0. The molecule has 0 aliphatic heterocycles. The first-order valence-corrected chi connectivity index (χ1v) is 10.4. The van der Waals surface area contributed by atoms with E-state index in [-0.39, 0.29) is 18.8 Å². The fourth-order valence-corrected chi connectivity index (χ4v) is 3.34. The van der Waals surface area contributed by atoms with Crippen LogP contribution in [0, 0.1) is 5.82 Å². The Bertz CT molecular complexity index is 1220. The van der Waals surface area contributed by atoms with Gasteiger partial charge in [-0.1, -0.05) is 60.7 Å². The Labute approximate surface area is 190 Å². The highest BCUT2D eigenvalue weighted by Crippen LogP contribution is 2.26. The van der Waals surface area contributed by atoms with Crippen LogP contribution in [-0.2, 0) is 17.8 Å². The molecule has 0 bridgehead atoms. The van der Waals surface area contributed by atoms with Crippen LogP contribution in [0.4, 0.5) is 10.2 Å². The molecule has 1 heterocycles. The summed E-state index contributed by atoms with van der Waals surface area (Å²) < 4.78 is 20.2. The molecule has 2 N–H and O–H groups in total. The van der Waals surface area contributed by atoms with E-state index in [1.807, 2.05) is 60.7 Å². The largest absolute Gasteiger partial charge is 0.486 e. The summed E-state index contributed by atoms with van der Waals surface area (Å²) in [6.45, 7) is 0.261. The highest BCUT2D eigenvalue weighted by molar-refractivity contribution is 5.77. The number of rotatable bonds is 9. The van der Waals surface area contributed by atoms with Crippen LogP contribution in [0.15, 0.2) is 91.3 Å². The van der Waals surface area contributed by atoms with E-state index in [9.17, 15) is 14.3 Å². The molecule has 4 aromatic rings. The summed E-state index contributed by atoms with van der Waals surface area (Å²) in [5.74, 6) is -1.02. The van der Waals surface area contributed by atoms with Crippen molar-refractivity contribution in [2.75, 3.05) is 5.32 Å². The van der Waals surface area contributed by atoms with E-state index in [1.54, 1.807) is 18.2 Å². The Morgan fingerprint density at radius 1 is 0.939 bits per heavy atom. The van der Waals surface area contributed by atoms with Crippen LogP contribution in [0.5, 0.6) is 5.75 Å². The molecule has 0 aliphatic rings. The summed E-state index contributed by atoms with van der Waals surface area (Å²) in [5, 5.41) is 12.5. The molecule has 0 aliphatic carbocycles. The molecule has 1 aromatic heterocycles. The number of carbonyl (C=O) groups is 1. The number of benzene rings is 3. The Balaban J connectivity index is 1.47. The van der Waals surface area contributed by atoms with E-state index < -0.39 is 17.8 Å². The maximum Gasteiger partial charge on any atom is 0.326 e. The Morgan fingerprint density at radius 3 is 2.30 bits per heavy atom.